The monoisotopic (exact) mass is 279 g/mol. The lowest BCUT2D eigenvalue weighted by Crippen LogP contribution is -2.15. The summed E-state index contributed by atoms with van der Waals surface area (Å²) in [5, 5.41) is 0.614. The summed E-state index contributed by atoms with van der Waals surface area (Å²) in [4.78, 5) is 0. The van der Waals surface area contributed by atoms with Crippen molar-refractivity contribution in [2.45, 2.75) is 13.0 Å². The van der Waals surface area contributed by atoms with Crippen molar-refractivity contribution < 1.29 is 9.13 Å². The minimum Gasteiger partial charge on any atom is -0.496 e. The van der Waals surface area contributed by atoms with Crippen LogP contribution in [0.3, 0.4) is 0 Å². The normalized spacial score (nSPS) is 12.3. The van der Waals surface area contributed by atoms with Crippen molar-refractivity contribution in [3.05, 3.63) is 63.9 Å². The molecule has 0 aliphatic rings. The van der Waals surface area contributed by atoms with Crippen molar-refractivity contribution in [2.75, 3.05) is 7.11 Å². The largest absolute Gasteiger partial charge is 0.496 e. The Hall–Kier alpha value is -1.58. The predicted octanol–water partition coefficient (Wildman–Crippen LogP) is 3.84. The first-order valence-corrected chi connectivity index (χ1v) is 6.26. The van der Waals surface area contributed by atoms with Crippen LogP contribution in [0.4, 0.5) is 4.39 Å². The number of hydrogen-bond acceptors (Lipinski definition) is 2. The molecule has 0 aliphatic heterocycles. The quantitative estimate of drug-likeness (QED) is 0.926. The third-order valence-electron chi connectivity index (χ3n) is 3.10. The highest BCUT2D eigenvalue weighted by Gasteiger charge is 2.19. The summed E-state index contributed by atoms with van der Waals surface area (Å²) in [6.07, 6.45) is 0. The molecule has 2 rings (SSSR count). The van der Waals surface area contributed by atoms with E-state index < -0.39 is 6.04 Å². The van der Waals surface area contributed by atoms with E-state index in [-0.39, 0.29) is 5.82 Å². The molecule has 0 saturated carbocycles. The van der Waals surface area contributed by atoms with E-state index in [1.54, 1.807) is 18.2 Å². The van der Waals surface area contributed by atoms with Gasteiger partial charge < -0.3 is 10.5 Å². The summed E-state index contributed by atoms with van der Waals surface area (Å²) in [7, 11) is 1.49. The van der Waals surface area contributed by atoms with Crippen LogP contribution >= 0.6 is 11.6 Å². The van der Waals surface area contributed by atoms with Crippen LogP contribution in [0.5, 0.6) is 5.75 Å². The minimum atomic E-state index is -0.616. The summed E-state index contributed by atoms with van der Waals surface area (Å²) in [6, 6.07) is 9.50. The van der Waals surface area contributed by atoms with Gasteiger partial charge in [-0.1, -0.05) is 29.8 Å². The molecule has 1 atom stereocenters. The highest BCUT2D eigenvalue weighted by molar-refractivity contribution is 6.31. The van der Waals surface area contributed by atoms with Crippen molar-refractivity contribution in [1.29, 1.82) is 0 Å². The fourth-order valence-corrected chi connectivity index (χ4v) is 2.16. The van der Waals surface area contributed by atoms with Crippen molar-refractivity contribution in [3.8, 4) is 5.75 Å². The van der Waals surface area contributed by atoms with E-state index in [4.69, 9.17) is 22.1 Å². The third-order valence-corrected chi connectivity index (χ3v) is 3.51. The van der Waals surface area contributed by atoms with E-state index in [1.807, 2.05) is 19.1 Å². The fourth-order valence-electron chi connectivity index (χ4n) is 1.97. The van der Waals surface area contributed by atoms with Crippen LogP contribution in [0.2, 0.25) is 5.02 Å². The molecule has 0 fully saturated rings. The third kappa shape index (κ3) is 2.72. The lowest BCUT2D eigenvalue weighted by molar-refractivity contribution is 0.402. The molecule has 2 aromatic rings. The minimum absolute atomic E-state index is 0.338. The summed E-state index contributed by atoms with van der Waals surface area (Å²) >= 11 is 6.08. The van der Waals surface area contributed by atoms with Gasteiger partial charge in [-0.25, -0.2) is 4.39 Å². The Morgan fingerprint density at radius 1 is 1.26 bits per heavy atom. The molecular weight excluding hydrogens is 265 g/mol. The SMILES string of the molecule is COc1cccc(F)c1C(N)c1ccc(C)c(Cl)c1. The highest BCUT2D eigenvalue weighted by Crippen LogP contribution is 2.32. The van der Waals surface area contributed by atoms with E-state index in [2.05, 4.69) is 0 Å². The fraction of sp³-hybridized carbons (Fsp3) is 0.200. The van der Waals surface area contributed by atoms with Crippen LogP contribution in [0.1, 0.15) is 22.7 Å². The van der Waals surface area contributed by atoms with Gasteiger partial charge in [0.05, 0.1) is 18.7 Å². The first-order valence-electron chi connectivity index (χ1n) is 5.88. The summed E-state index contributed by atoms with van der Waals surface area (Å²) < 4.78 is 19.1. The maximum atomic E-state index is 14.0. The van der Waals surface area contributed by atoms with Crippen molar-refractivity contribution in [2.24, 2.45) is 5.73 Å². The number of aryl methyl sites for hydroxylation is 1. The number of benzene rings is 2. The second kappa shape index (κ2) is 5.59. The zero-order chi connectivity index (χ0) is 14.0. The standard InChI is InChI=1S/C15H15ClFNO/c1-9-6-7-10(8-11(9)16)15(18)14-12(17)4-3-5-13(14)19-2/h3-8,15H,18H2,1-2H3. The van der Waals surface area contributed by atoms with Gasteiger partial charge in [0.1, 0.15) is 11.6 Å². The van der Waals surface area contributed by atoms with Gasteiger partial charge >= 0.3 is 0 Å². The van der Waals surface area contributed by atoms with E-state index in [0.717, 1.165) is 11.1 Å². The Morgan fingerprint density at radius 2 is 2.00 bits per heavy atom. The van der Waals surface area contributed by atoms with Crippen LogP contribution in [-0.2, 0) is 0 Å². The molecule has 2 N–H and O–H groups in total. The van der Waals surface area contributed by atoms with Crippen LogP contribution < -0.4 is 10.5 Å². The van der Waals surface area contributed by atoms with Gasteiger partial charge in [0, 0.05) is 5.02 Å². The lowest BCUT2D eigenvalue weighted by atomic mass is 9.97. The maximum absolute atomic E-state index is 14.0. The first kappa shape index (κ1) is 13.8. The molecule has 4 heteroatoms. The predicted molar refractivity (Wildman–Crippen MR) is 75.2 cm³/mol. The number of methoxy groups -OCH3 is 1. The molecule has 0 amide bonds. The molecule has 0 aliphatic carbocycles. The Morgan fingerprint density at radius 3 is 2.63 bits per heavy atom. The Balaban J connectivity index is 2.49. The van der Waals surface area contributed by atoms with Crippen LogP contribution in [-0.4, -0.2) is 7.11 Å². The van der Waals surface area contributed by atoms with Gasteiger partial charge in [0.2, 0.25) is 0 Å². The maximum Gasteiger partial charge on any atom is 0.132 e. The van der Waals surface area contributed by atoms with E-state index in [1.165, 1.54) is 13.2 Å². The van der Waals surface area contributed by atoms with E-state index >= 15 is 0 Å². The number of rotatable bonds is 3. The van der Waals surface area contributed by atoms with Gasteiger partial charge in [0.25, 0.3) is 0 Å². The molecule has 1 unspecified atom stereocenters. The summed E-state index contributed by atoms with van der Waals surface area (Å²) in [5.74, 6) is 0.0488. The molecule has 0 radical (unpaired) electrons. The number of nitrogens with two attached hydrogens (primary N) is 1. The molecule has 19 heavy (non-hydrogen) atoms. The average Bonchev–Trinajstić information content (AvgIpc) is 2.40. The van der Waals surface area contributed by atoms with Crippen molar-refractivity contribution in [3.63, 3.8) is 0 Å². The molecule has 0 heterocycles. The smallest absolute Gasteiger partial charge is 0.132 e. The van der Waals surface area contributed by atoms with Crippen LogP contribution in [0.15, 0.2) is 36.4 Å². The molecule has 2 nitrogen and oxygen atoms in total. The molecule has 2 aromatic carbocycles. The van der Waals surface area contributed by atoms with Gasteiger partial charge in [0.15, 0.2) is 0 Å². The number of ether oxygens (including phenoxy) is 1. The zero-order valence-electron chi connectivity index (χ0n) is 10.8. The van der Waals surface area contributed by atoms with Crippen molar-refractivity contribution in [1.82, 2.24) is 0 Å². The Kier molecular flexibility index (Phi) is 4.08. The molecular formula is C15H15ClFNO. The number of halogens is 2. The number of hydrogen-bond donors (Lipinski definition) is 1. The molecule has 0 bridgehead atoms. The first-order chi connectivity index (χ1) is 9.04. The van der Waals surface area contributed by atoms with E-state index in [9.17, 15) is 4.39 Å². The Bertz CT molecular complexity index is 601. The van der Waals surface area contributed by atoms with Crippen molar-refractivity contribution >= 4 is 11.6 Å². The molecule has 0 aromatic heterocycles. The summed E-state index contributed by atoms with van der Waals surface area (Å²) in [5.41, 5.74) is 8.18. The van der Waals surface area contributed by atoms with Gasteiger partial charge in [-0.3, -0.25) is 0 Å². The zero-order valence-corrected chi connectivity index (χ0v) is 11.5. The van der Waals surface area contributed by atoms with Crippen LogP contribution in [0.25, 0.3) is 0 Å². The molecule has 0 saturated heterocycles. The Labute approximate surface area is 117 Å². The molecule has 0 spiro atoms. The lowest BCUT2D eigenvalue weighted by Gasteiger charge is -2.17. The van der Waals surface area contributed by atoms with Gasteiger partial charge in [-0.05, 0) is 36.2 Å². The summed E-state index contributed by atoms with van der Waals surface area (Å²) in [6.45, 7) is 1.90. The van der Waals surface area contributed by atoms with Crippen LogP contribution in [0, 0.1) is 12.7 Å². The highest BCUT2D eigenvalue weighted by atomic mass is 35.5. The molecule has 100 valence electrons. The average molecular weight is 280 g/mol. The topological polar surface area (TPSA) is 35.2 Å². The van der Waals surface area contributed by atoms with Gasteiger partial charge in [-0.2, -0.15) is 0 Å². The second-order valence-corrected chi connectivity index (χ2v) is 4.75. The van der Waals surface area contributed by atoms with Gasteiger partial charge in [-0.15, -0.1) is 0 Å². The second-order valence-electron chi connectivity index (χ2n) is 4.34. The van der Waals surface area contributed by atoms with E-state index in [0.29, 0.717) is 16.3 Å².